The van der Waals surface area contributed by atoms with Crippen molar-refractivity contribution in [1.82, 2.24) is 5.32 Å². The van der Waals surface area contributed by atoms with Crippen LogP contribution in [-0.2, 0) is 14.3 Å². The Bertz CT molecular complexity index is 681. The highest BCUT2D eigenvalue weighted by Crippen LogP contribution is 2.30. The monoisotopic (exact) mass is 334 g/mol. The lowest BCUT2D eigenvalue weighted by atomic mass is 9.86. The van der Waals surface area contributed by atoms with Gasteiger partial charge in [0.25, 0.3) is 11.8 Å². The lowest BCUT2D eigenvalue weighted by Gasteiger charge is -2.36. The minimum Gasteiger partial charge on any atom is -0.482 e. The van der Waals surface area contributed by atoms with Crippen LogP contribution in [0.5, 0.6) is 5.75 Å². The molecule has 0 aromatic heterocycles. The average Bonchev–Trinajstić information content (AvgIpc) is 2.54. The highest BCUT2D eigenvalue weighted by Gasteiger charge is 2.36. The Morgan fingerprint density at radius 1 is 1.29 bits per heavy atom. The molecular formula is C16H18N2O6. The van der Waals surface area contributed by atoms with Crippen molar-refractivity contribution in [1.29, 1.82) is 0 Å². The summed E-state index contributed by atoms with van der Waals surface area (Å²) < 4.78 is 10.6. The van der Waals surface area contributed by atoms with Crippen molar-refractivity contribution in [2.45, 2.75) is 24.8 Å². The van der Waals surface area contributed by atoms with Crippen LogP contribution < -0.4 is 15.4 Å². The molecule has 0 radical (unpaired) electrons. The van der Waals surface area contributed by atoms with Crippen LogP contribution in [0.15, 0.2) is 18.2 Å². The molecule has 3 rings (SSSR count). The Balaban J connectivity index is 1.78. The van der Waals surface area contributed by atoms with Gasteiger partial charge in [0, 0.05) is 18.8 Å². The highest BCUT2D eigenvalue weighted by molar-refractivity contribution is 5.99. The predicted octanol–water partition coefficient (Wildman–Crippen LogP) is 0.771. The molecule has 0 spiro atoms. The van der Waals surface area contributed by atoms with Gasteiger partial charge in [-0.1, -0.05) is 0 Å². The summed E-state index contributed by atoms with van der Waals surface area (Å²) in [4.78, 5) is 35.0. The lowest BCUT2D eigenvalue weighted by molar-refractivity contribution is -0.139. The molecule has 2 aliphatic rings. The number of anilines is 1. The molecule has 2 amide bonds. The van der Waals surface area contributed by atoms with Crippen molar-refractivity contribution in [3.8, 4) is 5.75 Å². The SMILES string of the molecule is O=C(O)CC1(NC(=O)c2ccc3c(c2)OCC(=O)N3)CCOCC1. The van der Waals surface area contributed by atoms with E-state index >= 15 is 0 Å². The van der Waals surface area contributed by atoms with Gasteiger partial charge in [0.15, 0.2) is 6.61 Å². The Morgan fingerprint density at radius 2 is 2.04 bits per heavy atom. The number of carboxylic acid groups (broad SMARTS) is 1. The van der Waals surface area contributed by atoms with Gasteiger partial charge in [-0.2, -0.15) is 0 Å². The van der Waals surface area contributed by atoms with E-state index in [1.54, 1.807) is 12.1 Å². The molecule has 1 saturated heterocycles. The zero-order valence-electron chi connectivity index (χ0n) is 13.0. The Morgan fingerprint density at radius 3 is 2.75 bits per heavy atom. The third-order valence-electron chi connectivity index (χ3n) is 4.19. The molecule has 0 aliphatic carbocycles. The molecule has 0 bridgehead atoms. The molecule has 8 heteroatoms. The number of benzene rings is 1. The maximum Gasteiger partial charge on any atom is 0.305 e. The zero-order chi connectivity index (χ0) is 17.2. The van der Waals surface area contributed by atoms with E-state index in [-0.39, 0.29) is 24.8 Å². The number of aliphatic carboxylic acids is 1. The smallest absolute Gasteiger partial charge is 0.305 e. The molecule has 0 unspecified atom stereocenters. The molecule has 3 N–H and O–H groups in total. The van der Waals surface area contributed by atoms with Gasteiger partial charge < -0.3 is 25.2 Å². The Hall–Kier alpha value is -2.61. The van der Waals surface area contributed by atoms with Gasteiger partial charge in [0.2, 0.25) is 0 Å². The summed E-state index contributed by atoms with van der Waals surface area (Å²) in [6.07, 6.45) is 0.741. The van der Waals surface area contributed by atoms with Gasteiger partial charge in [-0.05, 0) is 31.0 Å². The van der Waals surface area contributed by atoms with E-state index < -0.39 is 11.5 Å². The first-order valence-electron chi connectivity index (χ1n) is 7.66. The van der Waals surface area contributed by atoms with E-state index in [0.29, 0.717) is 43.1 Å². The largest absolute Gasteiger partial charge is 0.482 e. The van der Waals surface area contributed by atoms with E-state index in [1.165, 1.54) is 6.07 Å². The molecule has 0 atom stereocenters. The number of fused-ring (bicyclic) bond motifs is 1. The molecule has 8 nitrogen and oxygen atoms in total. The average molecular weight is 334 g/mol. The summed E-state index contributed by atoms with van der Waals surface area (Å²) >= 11 is 0. The van der Waals surface area contributed by atoms with Crippen molar-refractivity contribution in [2.75, 3.05) is 25.1 Å². The van der Waals surface area contributed by atoms with Crippen molar-refractivity contribution >= 4 is 23.5 Å². The third kappa shape index (κ3) is 3.48. The van der Waals surface area contributed by atoms with Gasteiger partial charge in [-0.3, -0.25) is 14.4 Å². The number of hydrogen-bond donors (Lipinski definition) is 3. The number of hydrogen-bond acceptors (Lipinski definition) is 5. The van der Waals surface area contributed by atoms with E-state index in [1.807, 2.05) is 0 Å². The van der Waals surface area contributed by atoms with E-state index in [9.17, 15) is 14.4 Å². The van der Waals surface area contributed by atoms with E-state index in [0.717, 1.165) is 0 Å². The molecule has 24 heavy (non-hydrogen) atoms. The van der Waals surface area contributed by atoms with Crippen LogP contribution in [0.25, 0.3) is 0 Å². The molecule has 1 aromatic carbocycles. The predicted molar refractivity (Wildman–Crippen MR) is 83.1 cm³/mol. The maximum absolute atomic E-state index is 12.6. The number of carbonyl (C=O) groups excluding carboxylic acids is 2. The number of nitrogens with one attached hydrogen (secondary N) is 2. The number of ether oxygens (including phenoxy) is 2. The summed E-state index contributed by atoms with van der Waals surface area (Å²) in [7, 11) is 0. The summed E-state index contributed by atoms with van der Waals surface area (Å²) in [6, 6.07) is 4.70. The summed E-state index contributed by atoms with van der Waals surface area (Å²) in [5.41, 5.74) is 0.0434. The Kier molecular flexibility index (Phi) is 4.39. The molecule has 1 aromatic rings. The first-order valence-corrected chi connectivity index (χ1v) is 7.66. The lowest BCUT2D eigenvalue weighted by Crippen LogP contribution is -2.53. The molecular weight excluding hydrogens is 316 g/mol. The van der Waals surface area contributed by atoms with E-state index in [4.69, 9.17) is 14.6 Å². The second-order valence-corrected chi connectivity index (χ2v) is 5.97. The van der Waals surface area contributed by atoms with Crippen LogP contribution in [-0.4, -0.2) is 48.2 Å². The maximum atomic E-state index is 12.6. The number of rotatable bonds is 4. The standard InChI is InChI=1S/C16H18N2O6/c19-13-9-24-12-7-10(1-2-11(12)17-13)15(22)18-16(8-14(20)21)3-5-23-6-4-16/h1-2,7H,3-6,8-9H2,(H,17,19)(H,18,22)(H,20,21). The molecule has 2 heterocycles. The van der Waals surface area contributed by atoms with E-state index in [2.05, 4.69) is 10.6 Å². The summed E-state index contributed by atoms with van der Waals surface area (Å²) in [5.74, 6) is -1.17. The quantitative estimate of drug-likeness (QED) is 0.749. The number of carbonyl (C=O) groups is 3. The first kappa shape index (κ1) is 16.3. The fourth-order valence-corrected chi connectivity index (χ4v) is 2.93. The normalized spacial score (nSPS) is 18.8. The number of carboxylic acids is 1. The van der Waals surface area contributed by atoms with Crippen molar-refractivity contribution in [3.63, 3.8) is 0 Å². The molecule has 1 fully saturated rings. The Labute approximate surface area is 138 Å². The summed E-state index contributed by atoms with van der Waals surface area (Å²) in [5, 5.41) is 14.6. The van der Waals surface area contributed by atoms with Crippen molar-refractivity contribution in [2.24, 2.45) is 0 Å². The second kappa shape index (κ2) is 6.48. The second-order valence-electron chi connectivity index (χ2n) is 5.97. The third-order valence-corrected chi connectivity index (χ3v) is 4.19. The van der Waals surface area contributed by atoms with Gasteiger partial charge in [0.05, 0.1) is 17.6 Å². The van der Waals surface area contributed by atoms with Crippen LogP contribution in [0, 0.1) is 0 Å². The topological polar surface area (TPSA) is 114 Å². The van der Waals surface area contributed by atoms with Gasteiger partial charge >= 0.3 is 5.97 Å². The van der Waals surface area contributed by atoms with Crippen LogP contribution in [0.1, 0.15) is 29.6 Å². The minimum atomic E-state index is -0.964. The molecule has 2 aliphatic heterocycles. The van der Waals surface area contributed by atoms with Gasteiger partial charge in [-0.25, -0.2) is 0 Å². The molecule has 0 saturated carbocycles. The number of amides is 2. The minimum absolute atomic E-state index is 0.0988. The summed E-state index contributed by atoms with van der Waals surface area (Å²) in [6.45, 7) is 0.720. The van der Waals surface area contributed by atoms with Crippen LogP contribution >= 0.6 is 0 Å². The molecule has 128 valence electrons. The zero-order valence-corrected chi connectivity index (χ0v) is 13.0. The van der Waals surface area contributed by atoms with Crippen LogP contribution in [0.3, 0.4) is 0 Å². The van der Waals surface area contributed by atoms with Gasteiger partial charge in [0.1, 0.15) is 5.75 Å². The first-order chi connectivity index (χ1) is 11.5. The van der Waals surface area contributed by atoms with Crippen LogP contribution in [0.2, 0.25) is 0 Å². The van der Waals surface area contributed by atoms with Crippen molar-refractivity contribution in [3.05, 3.63) is 23.8 Å². The van der Waals surface area contributed by atoms with Gasteiger partial charge in [-0.15, -0.1) is 0 Å². The van der Waals surface area contributed by atoms with Crippen LogP contribution in [0.4, 0.5) is 5.69 Å². The fraction of sp³-hybridized carbons (Fsp3) is 0.438. The van der Waals surface area contributed by atoms with Crippen molar-refractivity contribution < 1.29 is 29.0 Å². The highest BCUT2D eigenvalue weighted by atomic mass is 16.5. The fourth-order valence-electron chi connectivity index (χ4n) is 2.93.